The van der Waals surface area contributed by atoms with Crippen LogP contribution < -0.4 is 0 Å². The van der Waals surface area contributed by atoms with Gasteiger partial charge in [0.1, 0.15) is 17.9 Å². The van der Waals surface area contributed by atoms with Gasteiger partial charge < -0.3 is 9.32 Å². The molecule has 1 amide bonds. The van der Waals surface area contributed by atoms with E-state index in [0.29, 0.717) is 18.7 Å². The standard InChI is InChI=1S/C25H24F5N3O2/c26-20-8-7-18(21(27)12-20)14-32(13-17-5-4-6-19(11-17)25(28,29)30)15-23-31-22(16-35-23)24(34)33-9-2-1-3-10-33/h4-8,11-12,16H,1-3,9-10,13-15H2. The third kappa shape index (κ3) is 6.45. The fraction of sp³-hybridized carbons (Fsp3) is 0.360. The fourth-order valence-corrected chi connectivity index (χ4v) is 4.09. The molecule has 186 valence electrons. The van der Waals surface area contributed by atoms with Crippen molar-refractivity contribution in [3.63, 3.8) is 0 Å². The van der Waals surface area contributed by atoms with Gasteiger partial charge >= 0.3 is 6.18 Å². The molecule has 0 saturated carbocycles. The highest BCUT2D eigenvalue weighted by Gasteiger charge is 2.30. The number of nitrogens with zero attached hydrogens (tertiary/aromatic N) is 3. The van der Waals surface area contributed by atoms with Crippen LogP contribution in [0.2, 0.25) is 0 Å². The van der Waals surface area contributed by atoms with Crippen LogP contribution in [0.5, 0.6) is 0 Å². The smallest absolute Gasteiger partial charge is 0.416 e. The van der Waals surface area contributed by atoms with Gasteiger partial charge in [-0.05, 0) is 37.0 Å². The summed E-state index contributed by atoms with van der Waals surface area (Å²) >= 11 is 0. The minimum Gasteiger partial charge on any atom is -0.447 e. The highest BCUT2D eigenvalue weighted by molar-refractivity contribution is 5.92. The van der Waals surface area contributed by atoms with Gasteiger partial charge in [-0.25, -0.2) is 13.8 Å². The fourth-order valence-electron chi connectivity index (χ4n) is 4.09. The predicted molar refractivity (Wildman–Crippen MR) is 117 cm³/mol. The van der Waals surface area contributed by atoms with Crippen molar-refractivity contribution in [3.05, 3.63) is 88.6 Å². The van der Waals surface area contributed by atoms with Crippen molar-refractivity contribution < 1.29 is 31.2 Å². The van der Waals surface area contributed by atoms with E-state index in [1.165, 1.54) is 24.5 Å². The molecule has 1 aliphatic rings. The zero-order chi connectivity index (χ0) is 25.0. The van der Waals surface area contributed by atoms with E-state index in [4.69, 9.17) is 4.42 Å². The third-order valence-electron chi connectivity index (χ3n) is 5.84. The first-order valence-electron chi connectivity index (χ1n) is 11.2. The summed E-state index contributed by atoms with van der Waals surface area (Å²) in [6, 6.07) is 7.97. The molecule has 2 aromatic carbocycles. The summed E-state index contributed by atoms with van der Waals surface area (Å²) in [5.41, 5.74) is -0.143. The lowest BCUT2D eigenvalue weighted by atomic mass is 10.1. The predicted octanol–water partition coefficient (Wildman–Crippen LogP) is 5.80. The quantitative estimate of drug-likeness (QED) is 0.391. The molecular weight excluding hydrogens is 469 g/mol. The van der Waals surface area contributed by atoms with E-state index < -0.39 is 23.4 Å². The van der Waals surface area contributed by atoms with E-state index in [-0.39, 0.29) is 42.7 Å². The molecule has 35 heavy (non-hydrogen) atoms. The number of carbonyl (C=O) groups is 1. The molecule has 0 N–H and O–H groups in total. The van der Waals surface area contributed by atoms with E-state index in [1.807, 2.05) is 0 Å². The molecule has 2 heterocycles. The Balaban J connectivity index is 1.55. The molecule has 3 aromatic rings. The van der Waals surface area contributed by atoms with Crippen LogP contribution in [-0.2, 0) is 25.8 Å². The summed E-state index contributed by atoms with van der Waals surface area (Å²) in [7, 11) is 0. The number of hydrogen-bond donors (Lipinski definition) is 0. The monoisotopic (exact) mass is 493 g/mol. The first-order valence-corrected chi connectivity index (χ1v) is 11.2. The minimum absolute atomic E-state index is 0.000339. The van der Waals surface area contributed by atoms with E-state index in [0.717, 1.165) is 43.5 Å². The molecule has 0 unspecified atom stereocenters. The average Bonchev–Trinajstić information content (AvgIpc) is 3.29. The van der Waals surface area contributed by atoms with Gasteiger partial charge in [-0.3, -0.25) is 9.69 Å². The number of benzene rings is 2. The molecule has 0 aliphatic carbocycles. The molecule has 0 radical (unpaired) electrons. The van der Waals surface area contributed by atoms with Crippen LogP contribution in [0.25, 0.3) is 0 Å². The number of oxazole rings is 1. The highest BCUT2D eigenvalue weighted by Crippen LogP contribution is 2.30. The summed E-state index contributed by atoms with van der Waals surface area (Å²) in [6.45, 7) is 1.26. The summed E-state index contributed by atoms with van der Waals surface area (Å²) in [4.78, 5) is 20.3. The normalized spacial score (nSPS) is 14.5. The van der Waals surface area contributed by atoms with Crippen LogP contribution >= 0.6 is 0 Å². The molecule has 1 saturated heterocycles. The van der Waals surface area contributed by atoms with Crippen molar-refractivity contribution in [1.29, 1.82) is 0 Å². The first kappa shape index (κ1) is 24.8. The summed E-state index contributed by atoms with van der Waals surface area (Å²) in [5.74, 6) is -1.58. The maximum atomic E-state index is 14.3. The van der Waals surface area contributed by atoms with Gasteiger partial charge in [0, 0.05) is 37.8 Å². The molecule has 1 fully saturated rings. The van der Waals surface area contributed by atoms with Crippen molar-refractivity contribution >= 4 is 5.91 Å². The second-order valence-corrected chi connectivity index (χ2v) is 8.56. The zero-order valence-corrected chi connectivity index (χ0v) is 18.8. The molecule has 5 nitrogen and oxygen atoms in total. The minimum atomic E-state index is -4.50. The van der Waals surface area contributed by atoms with Gasteiger partial charge in [0.05, 0.1) is 12.1 Å². The van der Waals surface area contributed by atoms with Crippen molar-refractivity contribution in [2.24, 2.45) is 0 Å². The van der Waals surface area contributed by atoms with Gasteiger partial charge in [-0.15, -0.1) is 0 Å². The van der Waals surface area contributed by atoms with Crippen LogP contribution in [0.3, 0.4) is 0 Å². The van der Waals surface area contributed by atoms with Crippen LogP contribution in [0.4, 0.5) is 22.0 Å². The number of alkyl halides is 3. The lowest BCUT2D eigenvalue weighted by Crippen LogP contribution is -2.35. The highest BCUT2D eigenvalue weighted by atomic mass is 19.4. The van der Waals surface area contributed by atoms with Gasteiger partial charge in [0.25, 0.3) is 5.91 Å². The van der Waals surface area contributed by atoms with E-state index in [9.17, 15) is 26.7 Å². The van der Waals surface area contributed by atoms with E-state index in [2.05, 4.69) is 4.98 Å². The second-order valence-electron chi connectivity index (χ2n) is 8.56. The molecule has 1 aromatic heterocycles. The van der Waals surface area contributed by atoms with Crippen molar-refractivity contribution in [3.8, 4) is 0 Å². The van der Waals surface area contributed by atoms with Crippen LogP contribution in [0, 0.1) is 11.6 Å². The summed E-state index contributed by atoms with van der Waals surface area (Å²) in [5, 5.41) is 0. The number of hydrogen-bond acceptors (Lipinski definition) is 4. The SMILES string of the molecule is O=C(c1coc(CN(Cc2cccc(C(F)(F)F)c2)Cc2ccc(F)cc2F)n1)N1CCCCC1. The molecular formula is C25H24F5N3O2. The molecule has 0 spiro atoms. The lowest BCUT2D eigenvalue weighted by Gasteiger charge is -2.25. The number of amides is 1. The Labute approximate surface area is 199 Å². The Hall–Kier alpha value is -3.27. The Kier molecular flexibility index (Phi) is 7.49. The molecule has 0 bridgehead atoms. The lowest BCUT2D eigenvalue weighted by molar-refractivity contribution is -0.137. The largest absolute Gasteiger partial charge is 0.447 e. The molecule has 1 aliphatic heterocycles. The van der Waals surface area contributed by atoms with E-state index in [1.54, 1.807) is 9.80 Å². The molecule has 0 atom stereocenters. The van der Waals surface area contributed by atoms with Crippen molar-refractivity contribution in [1.82, 2.24) is 14.8 Å². The Morgan fingerprint density at radius 2 is 1.77 bits per heavy atom. The topological polar surface area (TPSA) is 49.6 Å². The van der Waals surface area contributed by atoms with Gasteiger partial charge in [0.2, 0.25) is 5.89 Å². The second kappa shape index (κ2) is 10.6. The molecule has 4 rings (SSSR count). The van der Waals surface area contributed by atoms with Crippen LogP contribution in [0.1, 0.15) is 52.3 Å². The Bertz CT molecular complexity index is 1170. The van der Waals surface area contributed by atoms with E-state index >= 15 is 0 Å². The number of likely N-dealkylation sites (tertiary alicyclic amines) is 1. The van der Waals surface area contributed by atoms with Gasteiger partial charge in [0.15, 0.2) is 5.69 Å². The third-order valence-corrected chi connectivity index (χ3v) is 5.84. The number of halogens is 5. The number of aromatic nitrogens is 1. The van der Waals surface area contributed by atoms with Crippen LogP contribution in [-0.4, -0.2) is 33.8 Å². The Morgan fingerprint density at radius 3 is 2.49 bits per heavy atom. The molecule has 10 heteroatoms. The number of carbonyl (C=O) groups excluding carboxylic acids is 1. The maximum Gasteiger partial charge on any atom is 0.416 e. The average molecular weight is 493 g/mol. The number of rotatable bonds is 7. The van der Waals surface area contributed by atoms with Gasteiger partial charge in [-0.1, -0.05) is 24.3 Å². The zero-order valence-electron chi connectivity index (χ0n) is 18.8. The van der Waals surface area contributed by atoms with Crippen molar-refractivity contribution in [2.45, 2.75) is 45.1 Å². The number of piperidine rings is 1. The van der Waals surface area contributed by atoms with Gasteiger partial charge in [-0.2, -0.15) is 13.2 Å². The van der Waals surface area contributed by atoms with Crippen molar-refractivity contribution in [2.75, 3.05) is 13.1 Å². The summed E-state index contributed by atoms with van der Waals surface area (Å²) < 4.78 is 72.6. The first-order chi connectivity index (χ1) is 16.7. The summed E-state index contributed by atoms with van der Waals surface area (Å²) in [6.07, 6.45) is -0.337. The van der Waals surface area contributed by atoms with Crippen LogP contribution in [0.15, 0.2) is 53.1 Å². The maximum absolute atomic E-state index is 14.3. The Morgan fingerprint density at radius 1 is 1.00 bits per heavy atom.